The Bertz CT molecular complexity index is 537. The lowest BCUT2D eigenvalue weighted by atomic mass is 9.98. The summed E-state index contributed by atoms with van der Waals surface area (Å²) in [6, 6.07) is 4.35. The highest BCUT2D eigenvalue weighted by Gasteiger charge is 2.36. The van der Waals surface area contributed by atoms with Crippen LogP contribution in [0.4, 0.5) is 0 Å². The normalized spacial score (nSPS) is 24.0. The van der Waals surface area contributed by atoms with E-state index >= 15 is 0 Å². The van der Waals surface area contributed by atoms with Crippen molar-refractivity contribution in [2.45, 2.75) is 58.1 Å². The van der Waals surface area contributed by atoms with Crippen LogP contribution in [0.3, 0.4) is 0 Å². The first kappa shape index (κ1) is 15.3. The molecule has 4 nitrogen and oxygen atoms in total. The molecule has 2 aliphatic rings. The molecule has 3 rings (SSSR count). The number of amides is 1. The van der Waals surface area contributed by atoms with E-state index in [1.54, 1.807) is 0 Å². The molecule has 0 radical (unpaired) electrons. The molecule has 0 aromatic heterocycles. The molecule has 1 aromatic rings. The van der Waals surface area contributed by atoms with E-state index in [1.165, 1.54) is 11.1 Å². The van der Waals surface area contributed by atoms with Crippen LogP contribution in [0.25, 0.3) is 0 Å². The number of hydrogen-bond acceptors (Lipinski definition) is 3. The van der Waals surface area contributed by atoms with Gasteiger partial charge in [0.25, 0.3) is 5.91 Å². The first-order valence-electron chi connectivity index (χ1n) is 8.28. The number of likely N-dealkylation sites (tertiary alicyclic amines) is 1. The molecular formula is C18H25NO3. The van der Waals surface area contributed by atoms with Crippen LogP contribution in [-0.2, 0) is 11.2 Å². The summed E-state index contributed by atoms with van der Waals surface area (Å²) in [7, 11) is 0. The van der Waals surface area contributed by atoms with Crippen molar-refractivity contribution in [1.82, 2.24) is 4.90 Å². The van der Waals surface area contributed by atoms with Crippen LogP contribution < -0.4 is 4.74 Å². The molecular weight excluding hydrogens is 278 g/mol. The van der Waals surface area contributed by atoms with Crippen molar-refractivity contribution >= 4 is 5.91 Å². The van der Waals surface area contributed by atoms with Gasteiger partial charge in [0.15, 0.2) is 6.10 Å². The third-order valence-corrected chi connectivity index (χ3v) is 5.00. The maximum absolute atomic E-state index is 12.8. The number of aliphatic hydroxyl groups excluding tert-OH is 1. The molecule has 0 aliphatic carbocycles. The Balaban J connectivity index is 1.73. The molecule has 4 heteroatoms. The number of aliphatic hydroxyl groups is 1. The molecule has 1 amide bonds. The van der Waals surface area contributed by atoms with Crippen molar-refractivity contribution < 1.29 is 14.6 Å². The number of carbonyl (C=O) groups is 1. The number of benzene rings is 1. The predicted molar refractivity (Wildman–Crippen MR) is 85.1 cm³/mol. The number of nitrogens with zero attached hydrogens (tertiary/aromatic N) is 1. The molecule has 2 unspecified atom stereocenters. The van der Waals surface area contributed by atoms with Gasteiger partial charge in [0.2, 0.25) is 0 Å². The van der Waals surface area contributed by atoms with Crippen LogP contribution in [0.5, 0.6) is 5.75 Å². The SMILES string of the molecule is Cc1cc2c(cc1C)OC(C(=O)N1CCCCC1CCO)C2. The summed E-state index contributed by atoms with van der Waals surface area (Å²) in [5, 5.41) is 9.22. The van der Waals surface area contributed by atoms with Crippen molar-refractivity contribution in [3.8, 4) is 5.75 Å². The molecule has 2 atom stereocenters. The number of carbonyl (C=O) groups excluding carboxylic acids is 1. The summed E-state index contributed by atoms with van der Waals surface area (Å²) < 4.78 is 5.93. The summed E-state index contributed by atoms with van der Waals surface area (Å²) >= 11 is 0. The van der Waals surface area contributed by atoms with Gasteiger partial charge in [-0.2, -0.15) is 0 Å². The Morgan fingerprint density at radius 2 is 2.09 bits per heavy atom. The number of piperidine rings is 1. The standard InChI is InChI=1S/C18H25NO3/c1-12-9-14-11-17(22-16(14)10-13(12)2)18(21)19-7-4-3-5-15(19)6-8-20/h9-10,15,17,20H,3-8,11H2,1-2H3. The largest absolute Gasteiger partial charge is 0.480 e. The second-order valence-electron chi connectivity index (χ2n) is 6.55. The van der Waals surface area contributed by atoms with Gasteiger partial charge in [0, 0.05) is 25.6 Å². The highest BCUT2D eigenvalue weighted by atomic mass is 16.5. The van der Waals surface area contributed by atoms with Crippen LogP contribution in [-0.4, -0.2) is 41.2 Å². The number of rotatable bonds is 3. The van der Waals surface area contributed by atoms with Gasteiger partial charge in [-0.05, 0) is 62.3 Å². The fourth-order valence-electron chi connectivity index (χ4n) is 3.58. The lowest BCUT2D eigenvalue weighted by Crippen LogP contribution is -2.49. The van der Waals surface area contributed by atoms with Crippen LogP contribution in [0.15, 0.2) is 12.1 Å². The van der Waals surface area contributed by atoms with E-state index in [0.717, 1.165) is 37.1 Å². The first-order chi connectivity index (χ1) is 10.6. The Hall–Kier alpha value is -1.55. The van der Waals surface area contributed by atoms with Crippen molar-refractivity contribution in [3.05, 3.63) is 28.8 Å². The first-order valence-corrected chi connectivity index (χ1v) is 8.28. The van der Waals surface area contributed by atoms with E-state index in [1.807, 2.05) is 11.0 Å². The minimum Gasteiger partial charge on any atom is -0.480 e. The van der Waals surface area contributed by atoms with Gasteiger partial charge in [0.1, 0.15) is 5.75 Å². The molecule has 1 aromatic carbocycles. The van der Waals surface area contributed by atoms with Crippen LogP contribution >= 0.6 is 0 Å². The van der Waals surface area contributed by atoms with E-state index in [4.69, 9.17) is 4.74 Å². The van der Waals surface area contributed by atoms with E-state index < -0.39 is 6.10 Å². The van der Waals surface area contributed by atoms with Crippen molar-refractivity contribution in [3.63, 3.8) is 0 Å². The lowest BCUT2D eigenvalue weighted by molar-refractivity contribution is -0.142. The second-order valence-corrected chi connectivity index (χ2v) is 6.55. The molecule has 2 aliphatic heterocycles. The molecule has 2 heterocycles. The molecule has 0 saturated carbocycles. The number of ether oxygens (including phenoxy) is 1. The minimum atomic E-state index is -0.393. The molecule has 1 fully saturated rings. The zero-order valence-electron chi connectivity index (χ0n) is 13.5. The molecule has 1 N–H and O–H groups in total. The summed E-state index contributed by atoms with van der Waals surface area (Å²) in [4.78, 5) is 14.8. The van der Waals surface area contributed by atoms with E-state index in [-0.39, 0.29) is 18.6 Å². The van der Waals surface area contributed by atoms with Crippen molar-refractivity contribution in [2.24, 2.45) is 0 Å². The molecule has 22 heavy (non-hydrogen) atoms. The minimum absolute atomic E-state index is 0.0876. The smallest absolute Gasteiger partial charge is 0.264 e. The molecule has 1 saturated heterocycles. The zero-order valence-corrected chi connectivity index (χ0v) is 13.5. The highest BCUT2D eigenvalue weighted by Crippen LogP contribution is 2.33. The Labute approximate surface area is 132 Å². The number of aryl methyl sites for hydroxylation is 2. The quantitative estimate of drug-likeness (QED) is 0.932. The second kappa shape index (κ2) is 6.29. The van der Waals surface area contributed by atoms with Gasteiger partial charge >= 0.3 is 0 Å². The summed E-state index contributed by atoms with van der Waals surface area (Å²) in [6.45, 7) is 5.08. The monoisotopic (exact) mass is 303 g/mol. The van der Waals surface area contributed by atoms with Crippen LogP contribution in [0.1, 0.15) is 42.4 Å². The van der Waals surface area contributed by atoms with E-state index in [2.05, 4.69) is 19.9 Å². The summed E-state index contributed by atoms with van der Waals surface area (Å²) in [6.07, 6.45) is 4.12. The number of hydrogen-bond donors (Lipinski definition) is 1. The fourth-order valence-corrected chi connectivity index (χ4v) is 3.58. The Kier molecular flexibility index (Phi) is 4.39. The van der Waals surface area contributed by atoms with E-state index in [9.17, 15) is 9.90 Å². The third kappa shape index (κ3) is 2.84. The van der Waals surface area contributed by atoms with Gasteiger partial charge in [-0.1, -0.05) is 6.07 Å². The topological polar surface area (TPSA) is 49.8 Å². The third-order valence-electron chi connectivity index (χ3n) is 5.00. The van der Waals surface area contributed by atoms with Gasteiger partial charge in [-0.3, -0.25) is 4.79 Å². The predicted octanol–water partition coefficient (Wildman–Crippen LogP) is 2.37. The molecule has 120 valence electrons. The maximum Gasteiger partial charge on any atom is 0.264 e. The summed E-state index contributed by atoms with van der Waals surface area (Å²) in [5.74, 6) is 0.946. The lowest BCUT2D eigenvalue weighted by Gasteiger charge is -2.36. The van der Waals surface area contributed by atoms with Crippen LogP contribution in [0.2, 0.25) is 0 Å². The molecule has 0 spiro atoms. The number of fused-ring (bicyclic) bond motifs is 1. The maximum atomic E-state index is 12.8. The molecule has 0 bridgehead atoms. The van der Waals surface area contributed by atoms with Gasteiger partial charge < -0.3 is 14.7 Å². The average Bonchev–Trinajstić information content (AvgIpc) is 2.91. The van der Waals surface area contributed by atoms with Crippen molar-refractivity contribution in [1.29, 1.82) is 0 Å². The Morgan fingerprint density at radius 1 is 1.32 bits per heavy atom. The van der Waals surface area contributed by atoms with E-state index in [0.29, 0.717) is 12.8 Å². The fraction of sp³-hybridized carbons (Fsp3) is 0.611. The van der Waals surface area contributed by atoms with Gasteiger partial charge in [-0.25, -0.2) is 0 Å². The van der Waals surface area contributed by atoms with Crippen LogP contribution in [0, 0.1) is 13.8 Å². The zero-order chi connectivity index (χ0) is 15.7. The van der Waals surface area contributed by atoms with Gasteiger partial charge in [-0.15, -0.1) is 0 Å². The van der Waals surface area contributed by atoms with Crippen molar-refractivity contribution in [2.75, 3.05) is 13.2 Å². The van der Waals surface area contributed by atoms with Gasteiger partial charge in [0.05, 0.1) is 0 Å². The average molecular weight is 303 g/mol. The highest BCUT2D eigenvalue weighted by molar-refractivity contribution is 5.83. The summed E-state index contributed by atoms with van der Waals surface area (Å²) in [5.41, 5.74) is 3.58. The Morgan fingerprint density at radius 3 is 2.86 bits per heavy atom.